The van der Waals surface area contributed by atoms with E-state index in [2.05, 4.69) is 16.2 Å². The Morgan fingerprint density at radius 1 is 0.906 bits per heavy atom. The summed E-state index contributed by atoms with van der Waals surface area (Å²) < 4.78 is 27.2. The third-order valence-corrected chi connectivity index (χ3v) is 7.37. The molecule has 0 aliphatic carbocycles. The summed E-state index contributed by atoms with van der Waals surface area (Å²) >= 11 is 0. The molecule has 0 aromatic heterocycles. The third kappa shape index (κ3) is 6.08. The Morgan fingerprint density at radius 3 is 2.19 bits per heavy atom. The molecule has 3 rings (SSSR count). The van der Waals surface area contributed by atoms with Crippen molar-refractivity contribution in [3.05, 3.63) is 59.2 Å². The molecule has 172 valence electrons. The fraction of sp³-hybridized carbons (Fsp3) is 0.391. The highest BCUT2D eigenvalue weighted by molar-refractivity contribution is 7.89. The number of hydrazine groups is 1. The molecular formula is C23H30N4O4S. The van der Waals surface area contributed by atoms with Crippen molar-refractivity contribution in [1.29, 1.82) is 0 Å². The molecule has 8 nitrogen and oxygen atoms in total. The van der Waals surface area contributed by atoms with Crippen LogP contribution < -0.4 is 16.2 Å². The summed E-state index contributed by atoms with van der Waals surface area (Å²) in [6, 6.07) is 11.6. The highest BCUT2D eigenvalue weighted by Crippen LogP contribution is 2.20. The Balaban J connectivity index is 1.52. The van der Waals surface area contributed by atoms with Crippen molar-refractivity contribution >= 4 is 27.5 Å². The lowest BCUT2D eigenvalue weighted by Crippen LogP contribution is -2.44. The Morgan fingerprint density at radius 2 is 1.56 bits per heavy atom. The molecule has 1 fully saturated rings. The van der Waals surface area contributed by atoms with E-state index in [-0.39, 0.29) is 17.0 Å². The number of hydrogen-bond donors (Lipinski definition) is 3. The lowest BCUT2D eigenvalue weighted by Gasteiger charge is -2.20. The Bertz CT molecular complexity index is 1060. The van der Waals surface area contributed by atoms with Crippen molar-refractivity contribution < 1.29 is 18.0 Å². The zero-order valence-electron chi connectivity index (χ0n) is 18.5. The second kappa shape index (κ2) is 10.6. The van der Waals surface area contributed by atoms with Crippen LogP contribution in [0, 0.1) is 13.8 Å². The van der Waals surface area contributed by atoms with Crippen molar-refractivity contribution in [3.63, 3.8) is 0 Å². The van der Waals surface area contributed by atoms with Gasteiger partial charge in [-0.1, -0.05) is 30.5 Å². The molecule has 32 heavy (non-hydrogen) atoms. The van der Waals surface area contributed by atoms with Gasteiger partial charge in [0.2, 0.25) is 10.0 Å². The number of benzene rings is 2. The van der Waals surface area contributed by atoms with Crippen molar-refractivity contribution in [1.82, 2.24) is 15.2 Å². The molecule has 2 amide bonds. The van der Waals surface area contributed by atoms with E-state index in [4.69, 9.17) is 0 Å². The Labute approximate surface area is 189 Å². The molecule has 1 saturated heterocycles. The molecule has 1 heterocycles. The van der Waals surface area contributed by atoms with E-state index in [1.54, 1.807) is 0 Å². The summed E-state index contributed by atoms with van der Waals surface area (Å²) in [7, 11) is -3.57. The largest absolute Gasteiger partial charge is 0.376 e. The average molecular weight is 459 g/mol. The second-order valence-electron chi connectivity index (χ2n) is 8.02. The number of rotatable bonds is 6. The van der Waals surface area contributed by atoms with Gasteiger partial charge >= 0.3 is 0 Å². The molecule has 3 N–H and O–H groups in total. The first-order valence-corrected chi connectivity index (χ1v) is 12.2. The number of carbonyl (C=O) groups is 2. The Hall–Kier alpha value is -2.91. The molecule has 2 aromatic rings. The van der Waals surface area contributed by atoms with E-state index in [0.717, 1.165) is 42.5 Å². The molecular weight excluding hydrogens is 428 g/mol. The fourth-order valence-electron chi connectivity index (χ4n) is 3.64. The first-order chi connectivity index (χ1) is 15.3. The maximum atomic E-state index is 12.8. The predicted molar refractivity (Wildman–Crippen MR) is 124 cm³/mol. The van der Waals surface area contributed by atoms with Crippen LogP contribution >= 0.6 is 0 Å². The number of sulfonamides is 1. The van der Waals surface area contributed by atoms with Crippen molar-refractivity contribution in [2.24, 2.45) is 0 Å². The van der Waals surface area contributed by atoms with E-state index >= 15 is 0 Å². The Kier molecular flexibility index (Phi) is 7.87. The lowest BCUT2D eigenvalue weighted by molar-refractivity contribution is -0.120. The molecule has 9 heteroatoms. The minimum absolute atomic E-state index is 0.00278. The molecule has 0 spiro atoms. The molecule has 0 bridgehead atoms. The number of anilines is 1. The van der Waals surface area contributed by atoms with Gasteiger partial charge in [-0.05, 0) is 62.6 Å². The number of aryl methyl sites for hydroxylation is 2. The third-order valence-electron chi connectivity index (χ3n) is 5.46. The molecule has 2 aromatic carbocycles. The van der Waals surface area contributed by atoms with E-state index in [9.17, 15) is 18.0 Å². The first kappa shape index (κ1) is 23.7. The normalized spacial score (nSPS) is 14.9. The van der Waals surface area contributed by atoms with Gasteiger partial charge in [0.25, 0.3) is 11.8 Å². The number of hydrogen-bond acceptors (Lipinski definition) is 5. The van der Waals surface area contributed by atoms with Gasteiger partial charge in [0.1, 0.15) is 0 Å². The molecule has 1 aliphatic rings. The van der Waals surface area contributed by atoms with E-state index in [0.29, 0.717) is 13.1 Å². The van der Waals surface area contributed by atoms with Crippen LogP contribution in [-0.4, -0.2) is 44.2 Å². The van der Waals surface area contributed by atoms with E-state index in [1.165, 1.54) is 28.6 Å². The summed E-state index contributed by atoms with van der Waals surface area (Å²) in [5.41, 5.74) is 7.97. The number of nitrogens with one attached hydrogen (secondary N) is 3. The van der Waals surface area contributed by atoms with Crippen LogP contribution in [0.1, 0.15) is 47.2 Å². The fourth-order valence-corrected chi connectivity index (χ4v) is 5.16. The van der Waals surface area contributed by atoms with Crippen molar-refractivity contribution in [3.8, 4) is 0 Å². The van der Waals surface area contributed by atoms with Crippen LogP contribution in [0.3, 0.4) is 0 Å². The highest BCUT2D eigenvalue weighted by atomic mass is 32.2. The van der Waals surface area contributed by atoms with Gasteiger partial charge in [-0.2, -0.15) is 4.31 Å². The predicted octanol–water partition coefficient (Wildman–Crippen LogP) is 2.74. The topological polar surface area (TPSA) is 108 Å². The standard InChI is InChI=1S/C23H30N4O4S/c1-17-7-12-21(18(2)15-17)24-16-22(28)25-26-23(29)19-8-10-20(11-9-19)32(30,31)27-13-5-3-4-6-14-27/h7-12,15,24H,3-6,13-14,16H2,1-2H3,(H,25,28)(H,26,29). The summed E-state index contributed by atoms with van der Waals surface area (Å²) in [4.78, 5) is 24.5. The molecule has 0 atom stereocenters. The van der Waals surface area contributed by atoms with Crippen LogP contribution in [0.15, 0.2) is 47.4 Å². The molecule has 1 aliphatic heterocycles. The van der Waals surface area contributed by atoms with Crippen LogP contribution in [0.5, 0.6) is 0 Å². The van der Waals surface area contributed by atoms with Crippen molar-refractivity contribution in [2.45, 2.75) is 44.4 Å². The SMILES string of the molecule is Cc1ccc(NCC(=O)NNC(=O)c2ccc(S(=O)(=O)N3CCCCCC3)cc2)c(C)c1. The molecule has 0 unspecified atom stereocenters. The zero-order chi connectivity index (χ0) is 23.1. The zero-order valence-corrected chi connectivity index (χ0v) is 19.3. The van der Waals surface area contributed by atoms with Crippen molar-refractivity contribution in [2.75, 3.05) is 25.0 Å². The van der Waals surface area contributed by atoms with Gasteiger partial charge in [0.15, 0.2) is 0 Å². The summed E-state index contributed by atoms with van der Waals surface area (Å²) in [6.45, 7) is 4.98. The first-order valence-electron chi connectivity index (χ1n) is 10.8. The van der Waals surface area contributed by atoms with Crippen LogP contribution in [0.4, 0.5) is 5.69 Å². The summed E-state index contributed by atoms with van der Waals surface area (Å²) in [5.74, 6) is -0.928. The maximum absolute atomic E-state index is 12.8. The number of amides is 2. The summed E-state index contributed by atoms with van der Waals surface area (Å²) in [5, 5.41) is 3.03. The summed E-state index contributed by atoms with van der Waals surface area (Å²) in [6.07, 6.45) is 3.80. The highest BCUT2D eigenvalue weighted by Gasteiger charge is 2.25. The second-order valence-corrected chi connectivity index (χ2v) is 9.95. The quantitative estimate of drug-likeness (QED) is 0.577. The van der Waals surface area contributed by atoms with Crippen LogP contribution in [0.25, 0.3) is 0 Å². The van der Waals surface area contributed by atoms with Gasteiger partial charge in [-0.25, -0.2) is 8.42 Å². The van der Waals surface area contributed by atoms with Crippen LogP contribution in [-0.2, 0) is 14.8 Å². The minimum Gasteiger partial charge on any atom is -0.376 e. The molecule has 0 radical (unpaired) electrons. The lowest BCUT2D eigenvalue weighted by atomic mass is 10.1. The van der Waals surface area contributed by atoms with Gasteiger partial charge in [-0.3, -0.25) is 20.4 Å². The average Bonchev–Trinajstić information content (AvgIpc) is 3.07. The number of carbonyl (C=O) groups excluding carboxylic acids is 2. The van der Waals surface area contributed by atoms with Gasteiger partial charge in [0.05, 0.1) is 11.4 Å². The van der Waals surface area contributed by atoms with E-state index < -0.39 is 21.8 Å². The van der Waals surface area contributed by atoms with Gasteiger partial charge in [0, 0.05) is 24.3 Å². The van der Waals surface area contributed by atoms with Gasteiger partial charge in [-0.15, -0.1) is 0 Å². The van der Waals surface area contributed by atoms with E-state index in [1.807, 2.05) is 32.0 Å². The van der Waals surface area contributed by atoms with Gasteiger partial charge < -0.3 is 5.32 Å². The monoisotopic (exact) mass is 458 g/mol. The number of nitrogens with zero attached hydrogens (tertiary/aromatic N) is 1. The smallest absolute Gasteiger partial charge is 0.269 e. The molecule has 0 saturated carbocycles. The minimum atomic E-state index is -3.57. The van der Waals surface area contributed by atoms with Crippen LogP contribution in [0.2, 0.25) is 0 Å². The maximum Gasteiger partial charge on any atom is 0.269 e.